The standard InChI is InChI=1S/C18H17BrFNO3/c1-4-7-21-11(2)8-14(12(21)3)17(22)10-24-18(23)15-9-13(19)5-6-16(15)20/h4-6,8-9H,1,7,10H2,2-3H3. The molecule has 1 aromatic carbocycles. The number of hydrogen-bond donors (Lipinski definition) is 0. The number of halogens is 2. The normalized spacial score (nSPS) is 10.5. The smallest absolute Gasteiger partial charge is 0.341 e. The molecule has 0 unspecified atom stereocenters. The van der Waals surface area contributed by atoms with E-state index in [1.54, 1.807) is 12.1 Å². The molecule has 0 aliphatic rings. The highest BCUT2D eigenvalue weighted by Gasteiger charge is 2.19. The Labute approximate surface area is 148 Å². The molecule has 6 heteroatoms. The number of Topliss-reactive ketones (excluding diaryl/α,β-unsaturated/α-hetero) is 1. The first-order chi connectivity index (χ1) is 11.3. The van der Waals surface area contributed by atoms with E-state index in [0.717, 1.165) is 17.5 Å². The van der Waals surface area contributed by atoms with Gasteiger partial charge in [-0.3, -0.25) is 4.79 Å². The van der Waals surface area contributed by atoms with Crippen LogP contribution in [0.1, 0.15) is 32.1 Å². The van der Waals surface area contributed by atoms with Crippen molar-refractivity contribution in [2.45, 2.75) is 20.4 Å². The predicted octanol–water partition coefficient (Wildman–Crippen LogP) is 4.23. The number of ketones is 1. The molecule has 0 spiro atoms. The van der Waals surface area contributed by atoms with E-state index in [1.807, 2.05) is 18.4 Å². The number of allylic oxidation sites excluding steroid dienone is 1. The van der Waals surface area contributed by atoms with Gasteiger partial charge in [-0.05, 0) is 38.1 Å². The molecule has 24 heavy (non-hydrogen) atoms. The Morgan fingerprint density at radius 3 is 2.67 bits per heavy atom. The van der Waals surface area contributed by atoms with Crippen LogP contribution < -0.4 is 0 Å². The van der Waals surface area contributed by atoms with E-state index < -0.39 is 18.4 Å². The molecule has 4 nitrogen and oxygen atoms in total. The zero-order valence-electron chi connectivity index (χ0n) is 13.4. The molecular formula is C18H17BrFNO3. The third-order valence-corrected chi connectivity index (χ3v) is 4.16. The molecule has 0 radical (unpaired) electrons. The van der Waals surface area contributed by atoms with Gasteiger partial charge in [-0.15, -0.1) is 6.58 Å². The van der Waals surface area contributed by atoms with Crippen molar-refractivity contribution >= 4 is 27.7 Å². The SMILES string of the molecule is C=CCn1c(C)cc(C(=O)COC(=O)c2cc(Br)ccc2F)c1C. The summed E-state index contributed by atoms with van der Waals surface area (Å²) in [6, 6.07) is 5.70. The van der Waals surface area contributed by atoms with Crippen molar-refractivity contribution in [3.05, 3.63) is 69.7 Å². The van der Waals surface area contributed by atoms with Gasteiger partial charge in [0, 0.05) is 28.0 Å². The zero-order chi connectivity index (χ0) is 17.9. The number of aryl methyl sites for hydroxylation is 1. The monoisotopic (exact) mass is 393 g/mol. The van der Waals surface area contributed by atoms with E-state index in [2.05, 4.69) is 22.5 Å². The maximum absolute atomic E-state index is 13.7. The van der Waals surface area contributed by atoms with Gasteiger partial charge in [-0.25, -0.2) is 9.18 Å². The molecule has 0 saturated heterocycles. The Hall–Kier alpha value is -2.21. The minimum Gasteiger partial charge on any atom is -0.454 e. The fourth-order valence-electron chi connectivity index (χ4n) is 2.43. The Morgan fingerprint density at radius 2 is 2.00 bits per heavy atom. The number of carbonyl (C=O) groups is 2. The van der Waals surface area contributed by atoms with Crippen molar-refractivity contribution in [3.8, 4) is 0 Å². The molecule has 0 aliphatic heterocycles. The first-order valence-electron chi connectivity index (χ1n) is 7.28. The summed E-state index contributed by atoms with van der Waals surface area (Å²) in [7, 11) is 0. The Bertz CT molecular complexity index is 811. The van der Waals surface area contributed by atoms with Gasteiger partial charge in [-0.1, -0.05) is 22.0 Å². The molecule has 1 heterocycles. The molecule has 0 N–H and O–H groups in total. The number of rotatable bonds is 6. The van der Waals surface area contributed by atoms with E-state index in [1.165, 1.54) is 12.1 Å². The van der Waals surface area contributed by atoms with Crippen molar-refractivity contribution in [2.24, 2.45) is 0 Å². The molecule has 0 bridgehead atoms. The lowest BCUT2D eigenvalue weighted by Gasteiger charge is -2.07. The number of nitrogens with zero attached hydrogens (tertiary/aromatic N) is 1. The van der Waals surface area contributed by atoms with E-state index in [9.17, 15) is 14.0 Å². The Morgan fingerprint density at radius 1 is 1.29 bits per heavy atom. The molecule has 2 aromatic rings. The van der Waals surface area contributed by atoms with Gasteiger partial charge >= 0.3 is 5.97 Å². The van der Waals surface area contributed by atoms with Crippen LogP contribution in [0.5, 0.6) is 0 Å². The third-order valence-electron chi connectivity index (χ3n) is 3.67. The molecule has 0 amide bonds. The highest BCUT2D eigenvalue weighted by molar-refractivity contribution is 9.10. The second-order valence-electron chi connectivity index (χ2n) is 5.31. The first-order valence-corrected chi connectivity index (χ1v) is 8.07. The van der Waals surface area contributed by atoms with Crippen LogP contribution in [0.15, 0.2) is 41.4 Å². The molecular weight excluding hydrogens is 377 g/mol. The van der Waals surface area contributed by atoms with Gasteiger partial charge in [0.15, 0.2) is 6.61 Å². The zero-order valence-corrected chi connectivity index (χ0v) is 15.0. The van der Waals surface area contributed by atoms with Gasteiger partial charge in [0.05, 0.1) is 5.56 Å². The molecule has 0 saturated carbocycles. The third kappa shape index (κ3) is 3.82. The van der Waals surface area contributed by atoms with Crippen molar-refractivity contribution in [1.29, 1.82) is 0 Å². The second kappa shape index (κ2) is 7.57. The number of ether oxygens (including phenoxy) is 1. The van der Waals surface area contributed by atoms with Gasteiger partial charge in [0.2, 0.25) is 5.78 Å². The lowest BCUT2D eigenvalue weighted by atomic mass is 10.1. The number of aromatic nitrogens is 1. The average Bonchev–Trinajstić information content (AvgIpc) is 2.83. The van der Waals surface area contributed by atoms with Gasteiger partial charge < -0.3 is 9.30 Å². The number of hydrogen-bond acceptors (Lipinski definition) is 3. The van der Waals surface area contributed by atoms with Gasteiger partial charge in [0.25, 0.3) is 0 Å². The number of benzene rings is 1. The minimum atomic E-state index is -0.873. The summed E-state index contributed by atoms with van der Waals surface area (Å²) in [6.07, 6.45) is 1.74. The minimum absolute atomic E-state index is 0.214. The van der Waals surface area contributed by atoms with E-state index >= 15 is 0 Å². The fraction of sp³-hybridized carbons (Fsp3) is 0.222. The van der Waals surface area contributed by atoms with Crippen molar-refractivity contribution in [1.82, 2.24) is 4.57 Å². The van der Waals surface area contributed by atoms with Gasteiger partial charge in [-0.2, -0.15) is 0 Å². The highest BCUT2D eigenvalue weighted by atomic mass is 79.9. The summed E-state index contributed by atoms with van der Waals surface area (Å²) in [5.41, 5.74) is 1.97. The molecule has 0 aliphatic carbocycles. The summed E-state index contributed by atoms with van der Waals surface area (Å²) < 4.78 is 21.1. The van der Waals surface area contributed by atoms with Gasteiger partial charge in [0.1, 0.15) is 5.82 Å². The van der Waals surface area contributed by atoms with Crippen LogP contribution in [0, 0.1) is 19.7 Å². The Kier molecular flexibility index (Phi) is 5.72. The molecule has 0 atom stereocenters. The molecule has 1 aromatic heterocycles. The van der Waals surface area contributed by atoms with Crippen LogP contribution in [0.4, 0.5) is 4.39 Å². The summed E-state index contributed by atoms with van der Waals surface area (Å²) in [5, 5.41) is 0. The quantitative estimate of drug-likeness (QED) is 0.419. The number of carbonyl (C=O) groups excluding carboxylic acids is 2. The first kappa shape index (κ1) is 18.1. The maximum Gasteiger partial charge on any atom is 0.341 e. The highest BCUT2D eigenvalue weighted by Crippen LogP contribution is 2.18. The van der Waals surface area contributed by atoms with Crippen LogP contribution >= 0.6 is 15.9 Å². The van der Waals surface area contributed by atoms with Crippen LogP contribution in [0.2, 0.25) is 0 Å². The Balaban J connectivity index is 2.11. The van der Waals surface area contributed by atoms with E-state index in [-0.39, 0.29) is 11.3 Å². The molecule has 126 valence electrons. The largest absolute Gasteiger partial charge is 0.454 e. The van der Waals surface area contributed by atoms with Crippen LogP contribution in [-0.4, -0.2) is 22.9 Å². The summed E-state index contributed by atoms with van der Waals surface area (Å²) in [5.74, 6) is -1.90. The van der Waals surface area contributed by atoms with Crippen LogP contribution in [0.25, 0.3) is 0 Å². The lowest BCUT2D eigenvalue weighted by Crippen LogP contribution is -2.16. The number of esters is 1. The average molecular weight is 394 g/mol. The summed E-state index contributed by atoms with van der Waals surface area (Å²) in [6.45, 7) is 7.54. The molecule has 0 fully saturated rings. The molecule has 2 rings (SSSR count). The van der Waals surface area contributed by atoms with E-state index in [0.29, 0.717) is 16.6 Å². The second-order valence-corrected chi connectivity index (χ2v) is 6.22. The topological polar surface area (TPSA) is 48.3 Å². The van der Waals surface area contributed by atoms with Crippen molar-refractivity contribution in [2.75, 3.05) is 6.61 Å². The van der Waals surface area contributed by atoms with Crippen LogP contribution in [-0.2, 0) is 11.3 Å². The van der Waals surface area contributed by atoms with E-state index in [4.69, 9.17) is 4.74 Å². The van der Waals surface area contributed by atoms with Crippen molar-refractivity contribution in [3.63, 3.8) is 0 Å². The fourth-order valence-corrected chi connectivity index (χ4v) is 2.80. The summed E-state index contributed by atoms with van der Waals surface area (Å²) in [4.78, 5) is 24.3. The summed E-state index contributed by atoms with van der Waals surface area (Å²) >= 11 is 3.16. The predicted molar refractivity (Wildman–Crippen MR) is 92.8 cm³/mol. The lowest BCUT2D eigenvalue weighted by molar-refractivity contribution is 0.0470. The van der Waals surface area contributed by atoms with Crippen LogP contribution in [0.3, 0.4) is 0 Å². The van der Waals surface area contributed by atoms with Crippen molar-refractivity contribution < 1.29 is 18.7 Å². The maximum atomic E-state index is 13.7.